The molecule has 0 aliphatic rings. The van der Waals surface area contributed by atoms with Crippen LogP contribution in [0.2, 0.25) is 0 Å². The number of aliphatic hydroxyl groups is 1. The van der Waals surface area contributed by atoms with Gasteiger partial charge in [0.1, 0.15) is 0 Å². The second-order valence-corrected chi connectivity index (χ2v) is 4.82. The molecule has 2 unspecified atom stereocenters. The number of benzene rings is 1. The Morgan fingerprint density at radius 2 is 2.00 bits per heavy atom. The molecule has 0 amide bonds. The third-order valence-corrected chi connectivity index (χ3v) is 3.47. The smallest absolute Gasteiger partial charge is 0.0746 e. The summed E-state index contributed by atoms with van der Waals surface area (Å²) < 4.78 is 0. The maximum absolute atomic E-state index is 9.12. The van der Waals surface area contributed by atoms with Gasteiger partial charge < -0.3 is 10.4 Å². The number of fused-ring (bicyclic) bond motifs is 1. The maximum atomic E-state index is 9.12. The van der Waals surface area contributed by atoms with Gasteiger partial charge in [0.2, 0.25) is 0 Å². The normalized spacial score (nSPS) is 14.6. The van der Waals surface area contributed by atoms with Gasteiger partial charge in [-0.3, -0.25) is 4.98 Å². The lowest BCUT2D eigenvalue weighted by molar-refractivity contribution is 0.207. The molecule has 3 nitrogen and oxygen atoms in total. The average Bonchev–Trinajstić information content (AvgIpc) is 2.43. The summed E-state index contributed by atoms with van der Waals surface area (Å²) >= 11 is 0. The molecule has 0 saturated carbocycles. The standard InChI is InChI=1S/C15H20N2O/c1-11(10-18)12(2)17-9-14-6-3-5-13-7-4-8-16-15(13)14/h3-8,11-12,17-18H,9-10H2,1-2H3. The van der Waals surface area contributed by atoms with Gasteiger partial charge in [-0.1, -0.05) is 31.2 Å². The lowest BCUT2D eigenvalue weighted by Crippen LogP contribution is -2.33. The van der Waals surface area contributed by atoms with Crippen LogP contribution in [0.3, 0.4) is 0 Å². The summed E-state index contributed by atoms with van der Waals surface area (Å²) in [6.45, 7) is 5.13. The Morgan fingerprint density at radius 1 is 1.22 bits per heavy atom. The van der Waals surface area contributed by atoms with Crippen molar-refractivity contribution in [3.63, 3.8) is 0 Å². The first kappa shape index (κ1) is 13.0. The van der Waals surface area contributed by atoms with E-state index in [2.05, 4.69) is 41.5 Å². The molecular weight excluding hydrogens is 224 g/mol. The molecule has 1 aromatic carbocycles. The second-order valence-electron chi connectivity index (χ2n) is 4.82. The van der Waals surface area contributed by atoms with Crippen LogP contribution in [0.15, 0.2) is 36.5 Å². The lowest BCUT2D eigenvalue weighted by Gasteiger charge is -2.19. The fourth-order valence-corrected chi connectivity index (χ4v) is 1.94. The number of aromatic nitrogens is 1. The highest BCUT2D eigenvalue weighted by atomic mass is 16.3. The Labute approximate surface area is 108 Å². The summed E-state index contributed by atoms with van der Waals surface area (Å²) in [5, 5.41) is 13.7. The molecule has 0 fully saturated rings. The van der Waals surface area contributed by atoms with Crippen LogP contribution < -0.4 is 5.32 Å². The minimum Gasteiger partial charge on any atom is -0.396 e. The molecule has 2 atom stereocenters. The van der Waals surface area contributed by atoms with Crippen molar-refractivity contribution in [1.82, 2.24) is 10.3 Å². The van der Waals surface area contributed by atoms with Crippen LogP contribution in [0.25, 0.3) is 10.9 Å². The van der Waals surface area contributed by atoms with Gasteiger partial charge in [-0.05, 0) is 24.5 Å². The van der Waals surface area contributed by atoms with E-state index in [1.807, 2.05) is 19.2 Å². The highest BCUT2D eigenvalue weighted by Crippen LogP contribution is 2.16. The van der Waals surface area contributed by atoms with E-state index >= 15 is 0 Å². The Bertz CT molecular complexity index is 507. The van der Waals surface area contributed by atoms with Crippen molar-refractivity contribution in [3.05, 3.63) is 42.1 Å². The zero-order valence-corrected chi connectivity index (χ0v) is 10.9. The first-order chi connectivity index (χ1) is 8.72. The third kappa shape index (κ3) is 2.86. The van der Waals surface area contributed by atoms with E-state index in [-0.39, 0.29) is 18.6 Å². The minimum atomic E-state index is 0.210. The summed E-state index contributed by atoms with van der Waals surface area (Å²) in [6.07, 6.45) is 1.83. The van der Waals surface area contributed by atoms with Gasteiger partial charge in [0.25, 0.3) is 0 Å². The summed E-state index contributed by atoms with van der Waals surface area (Å²) in [6, 6.07) is 10.5. The van der Waals surface area contributed by atoms with E-state index in [0.717, 1.165) is 12.1 Å². The number of hydrogen-bond acceptors (Lipinski definition) is 3. The summed E-state index contributed by atoms with van der Waals surface area (Å²) in [5.74, 6) is 0.257. The molecule has 2 aromatic rings. The van der Waals surface area contributed by atoms with Crippen molar-refractivity contribution in [2.75, 3.05) is 6.61 Å². The van der Waals surface area contributed by atoms with Gasteiger partial charge in [-0.2, -0.15) is 0 Å². The number of pyridine rings is 1. The Hall–Kier alpha value is -1.45. The molecule has 1 aromatic heterocycles. The number of rotatable bonds is 5. The first-order valence-corrected chi connectivity index (χ1v) is 6.39. The van der Waals surface area contributed by atoms with Gasteiger partial charge in [0.15, 0.2) is 0 Å². The molecule has 0 spiro atoms. The fraction of sp³-hybridized carbons (Fsp3) is 0.400. The van der Waals surface area contributed by atoms with E-state index in [1.54, 1.807) is 0 Å². The molecular formula is C15H20N2O. The SMILES string of the molecule is CC(CO)C(C)NCc1cccc2cccnc12. The highest BCUT2D eigenvalue weighted by molar-refractivity contribution is 5.81. The summed E-state index contributed by atoms with van der Waals surface area (Å²) in [4.78, 5) is 4.43. The molecule has 2 rings (SSSR count). The first-order valence-electron chi connectivity index (χ1n) is 6.39. The van der Waals surface area contributed by atoms with Crippen LogP contribution in [-0.2, 0) is 6.54 Å². The highest BCUT2D eigenvalue weighted by Gasteiger charge is 2.10. The molecule has 2 N–H and O–H groups in total. The average molecular weight is 244 g/mol. The third-order valence-electron chi connectivity index (χ3n) is 3.47. The summed E-state index contributed by atoms with van der Waals surface area (Å²) in [5.41, 5.74) is 2.25. The molecule has 0 aliphatic heterocycles. The fourth-order valence-electron chi connectivity index (χ4n) is 1.94. The predicted molar refractivity (Wildman–Crippen MR) is 74.3 cm³/mol. The van der Waals surface area contributed by atoms with E-state index in [4.69, 9.17) is 5.11 Å². The topological polar surface area (TPSA) is 45.1 Å². The van der Waals surface area contributed by atoms with Crippen molar-refractivity contribution in [1.29, 1.82) is 0 Å². The van der Waals surface area contributed by atoms with Crippen molar-refractivity contribution in [2.24, 2.45) is 5.92 Å². The van der Waals surface area contributed by atoms with Crippen molar-refractivity contribution < 1.29 is 5.11 Å². The van der Waals surface area contributed by atoms with E-state index in [1.165, 1.54) is 10.9 Å². The molecule has 0 bridgehead atoms. The lowest BCUT2D eigenvalue weighted by atomic mass is 10.0. The van der Waals surface area contributed by atoms with Gasteiger partial charge in [-0.25, -0.2) is 0 Å². The molecule has 1 heterocycles. The van der Waals surface area contributed by atoms with Crippen molar-refractivity contribution in [2.45, 2.75) is 26.4 Å². The van der Waals surface area contributed by atoms with Crippen LogP contribution in [0.1, 0.15) is 19.4 Å². The van der Waals surface area contributed by atoms with E-state index in [9.17, 15) is 0 Å². The molecule has 3 heteroatoms. The van der Waals surface area contributed by atoms with Crippen LogP contribution in [-0.4, -0.2) is 22.7 Å². The van der Waals surface area contributed by atoms with Gasteiger partial charge >= 0.3 is 0 Å². The Balaban J connectivity index is 2.12. The maximum Gasteiger partial charge on any atom is 0.0746 e. The zero-order chi connectivity index (χ0) is 13.0. The van der Waals surface area contributed by atoms with E-state index in [0.29, 0.717) is 0 Å². The van der Waals surface area contributed by atoms with Crippen LogP contribution in [0.4, 0.5) is 0 Å². The molecule has 96 valence electrons. The number of nitrogens with one attached hydrogen (secondary N) is 1. The van der Waals surface area contributed by atoms with Crippen molar-refractivity contribution in [3.8, 4) is 0 Å². The van der Waals surface area contributed by atoms with Gasteiger partial charge in [0.05, 0.1) is 5.52 Å². The second kappa shape index (κ2) is 5.94. The molecule has 18 heavy (non-hydrogen) atoms. The van der Waals surface area contributed by atoms with Gasteiger partial charge in [0, 0.05) is 30.8 Å². The molecule has 0 radical (unpaired) electrons. The monoisotopic (exact) mass is 244 g/mol. The number of para-hydroxylation sites is 1. The molecule has 0 saturated heterocycles. The van der Waals surface area contributed by atoms with E-state index < -0.39 is 0 Å². The number of aliphatic hydroxyl groups excluding tert-OH is 1. The Morgan fingerprint density at radius 3 is 2.78 bits per heavy atom. The molecule has 0 aliphatic carbocycles. The number of hydrogen-bond donors (Lipinski definition) is 2. The predicted octanol–water partition coefficient (Wildman–Crippen LogP) is 2.34. The largest absolute Gasteiger partial charge is 0.396 e. The van der Waals surface area contributed by atoms with Crippen LogP contribution in [0.5, 0.6) is 0 Å². The quantitative estimate of drug-likeness (QED) is 0.848. The zero-order valence-electron chi connectivity index (χ0n) is 10.9. The number of nitrogens with zero attached hydrogens (tertiary/aromatic N) is 1. The van der Waals surface area contributed by atoms with Crippen molar-refractivity contribution >= 4 is 10.9 Å². The van der Waals surface area contributed by atoms with Crippen LogP contribution in [0, 0.1) is 5.92 Å². The van der Waals surface area contributed by atoms with Crippen LogP contribution >= 0.6 is 0 Å². The Kier molecular flexibility index (Phi) is 4.28. The summed E-state index contributed by atoms with van der Waals surface area (Å²) in [7, 11) is 0. The van der Waals surface area contributed by atoms with Gasteiger partial charge in [-0.15, -0.1) is 0 Å². The minimum absolute atomic E-state index is 0.210.